The van der Waals surface area contributed by atoms with E-state index in [-0.39, 0.29) is 11.9 Å². The Hall–Kier alpha value is -1.26. The summed E-state index contributed by atoms with van der Waals surface area (Å²) >= 11 is 0. The van der Waals surface area contributed by atoms with Crippen LogP contribution in [0.4, 0.5) is 4.79 Å². The molecule has 3 rings (SSSR count). The second-order valence-electron chi connectivity index (χ2n) is 6.70. The molecule has 4 unspecified atom stereocenters. The zero-order chi connectivity index (χ0) is 14.3. The van der Waals surface area contributed by atoms with Crippen molar-refractivity contribution in [2.24, 2.45) is 17.8 Å². The zero-order valence-corrected chi connectivity index (χ0v) is 12.1. The zero-order valence-electron chi connectivity index (χ0n) is 12.1. The predicted octanol–water partition coefficient (Wildman–Crippen LogP) is 2.02. The normalized spacial score (nSPS) is 37.0. The average molecular weight is 280 g/mol. The van der Waals surface area contributed by atoms with Crippen LogP contribution in [0.15, 0.2) is 0 Å². The molecule has 5 nitrogen and oxygen atoms in total. The highest BCUT2D eigenvalue weighted by molar-refractivity contribution is 5.78. The monoisotopic (exact) mass is 280 g/mol. The lowest BCUT2D eigenvalue weighted by Crippen LogP contribution is -2.46. The van der Waals surface area contributed by atoms with Gasteiger partial charge in [-0.1, -0.05) is 19.8 Å². The molecule has 20 heavy (non-hydrogen) atoms. The summed E-state index contributed by atoms with van der Waals surface area (Å²) in [6.07, 6.45) is 6.02. The molecule has 0 bridgehead atoms. The maximum atomic E-state index is 12.7. The lowest BCUT2D eigenvalue weighted by Gasteiger charge is -2.34. The van der Waals surface area contributed by atoms with E-state index in [1.165, 1.54) is 19.3 Å². The number of urea groups is 1. The number of hydrogen-bond acceptors (Lipinski definition) is 2. The number of amides is 2. The van der Waals surface area contributed by atoms with Crippen molar-refractivity contribution in [2.75, 3.05) is 19.6 Å². The Kier molecular flexibility index (Phi) is 3.61. The van der Waals surface area contributed by atoms with Crippen LogP contribution in [0.5, 0.6) is 0 Å². The minimum absolute atomic E-state index is 0.0567. The SMILES string of the molecule is CC1CN(C(=O)N2CCC3CCCCC32)CC1C(=O)O. The topological polar surface area (TPSA) is 60.9 Å². The van der Waals surface area contributed by atoms with Gasteiger partial charge in [-0.2, -0.15) is 0 Å². The van der Waals surface area contributed by atoms with Crippen LogP contribution in [0.2, 0.25) is 0 Å². The van der Waals surface area contributed by atoms with Crippen LogP contribution in [0.3, 0.4) is 0 Å². The average Bonchev–Trinajstić information content (AvgIpc) is 3.01. The fourth-order valence-corrected chi connectivity index (χ4v) is 4.27. The van der Waals surface area contributed by atoms with Gasteiger partial charge in [0.15, 0.2) is 0 Å². The molecule has 3 fully saturated rings. The molecule has 3 aliphatic rings. The van der Waals surface area contributed by atoms with Crippen molar-refractivity contribution in [3.8, 4) is 0 Å². The molecule has 4 atom stereocenters. The van der Waals surface area contributed by atoms with Crippen LogP contribution in [-0.2, 0) is 4.79 Å². The summed E-state index contributed by atoms with van der Waals surface area (Å²) in [6, 6.07) is 0.491. The molecule has 1 N–H and O–H groups in total. The van der Waals surface area contributed by atoms with Gasteiger partial charge in [-0.25, -0.2) is 4.79 Å². The Morgan fingerprint density at radius 3 is 2.55 bits per heavy atom. The highest BCUT2D eigenvalue weighted by Crippen LogP contribution is 2.37. The van der Waals surface area contributed by atoms with Crippen molar-refractivity contribution in [3.05, 3.63) is 0 Å². The van der Waals surface area contributed by atoms with Gasteiger partial charge in [0.1, 0.15) is 0 Å². The van der Waals surface area contributed by atoms with E-state index in [9.17, 15) is 14.7 Å². The number of carboxylic acid groups (broad SMARTS) is 1. The van der Waals surface area contributed by atoms with Gasteiger partial charge < -0.3 is 14.9 Å². The number of nitrogens with zero attached hydrogens (tertiary/aromatic N) is 2. The Morgan fingerprint density at radius 2 is 1.85 bits per heavy atom. The minimum atomic E-state index is -0.773. The van der Waals surface area contributed by atoms with E-state index in [2.05, 4.69) is 0 Å². The Bertz CT molecular complexity index is 412. The summed E-state index contributed by atoms with van der Waals surface area (Å²) in [4.78, 5) is 27.6. The molecule has 0 radical (unpaired) electrons. The summed E-state index contributed by atoms with van der Waals surface area (Å²) in [6.45, 7) is 3.75. The van der Waals surface area contributed by atoms with Gasteiger partial charge in [0, 0.05) is 25.7 Å². The second-order valence-corrected chi connectivity index (χ2v) is 6.70. The Labute approximate surface area is 119 Å². The highest BCUT2D eigenvalue weighted by atomic mass is 16.4. The van der Waals surface area contributed by atoms with E-state index in [0.717, 1.165) is 19.4 Å². The first-order valence-corrected chi connectivity index (χ1v) is 7.86. The summed E-state index contributed by atoms with van der Waals surface area (Å²) in [7, 11) is 0. The molecule has 2 saturated heterocycles. The van der Waals surface area contributed by atoms with Gasteiger partial charge in [-0.15, -0.1) is 0 Å². The van der Waals surface area contributed by atoms with Crippen LogP contribution < -0.4 is 0 Å². The van der Waals surface area contributed by atoms with Crippen LogP contribution >= 0.6 is 0 Å². The van der Waals surface area contributed by atoms with Crippen molar-refractivity contribution in [1.82, 2.24) is 9.80 Å². The first-order valence-electron chi connectivity index (χ1n) is 7.86. The number of likely N-dealkylation sites (tertiary alicyclic amines) is 2. The number of carboxylic acids is 1. The van der Waals surface area contributed by atoms with Crippen LogP contribution in [0, 0.1) is 17.8 Å². The van der Waals surface area contributed by atoms with Gasteiger partial charge in [0.05, 0.1) is 5.92 Å². The summed E-state index contributed by atoms with van der Waals surface area (Å²) in [5, 5.41) is 9.18. The lowest BCUT2D eigenvalue weighted by molar-refractivity contribution is -0.142. The van der Waals surface area contributed by atoms with E-state index >= 15 is 0 Å². The predicted molar refractivity (Wildman–Crippen MR) is 74.3 cm³/mol. The molecule has 0 aromatic heterocycles. The van der Waals surface area contributed by atoms with Crippen molar-refractivity contribution in [2.45, 2.75) is 45.1 Å². The van der Waals surface area contributed by atoms with Gasteiger partial charge in [0.25, 0.3) is 0 Å². The van der Waals surface area contributed by atoms with Gasteiger partial charge in [-0.05, 0) is 31.1 Å². The maximum Gasteiger partial charge on any atom is 0.320 e. The molecular weight excluding hydrogens is 256 g/mol. The molecule has 2 amide bonds. The van der Waals surface area contributed by atoms with Crippen LogP contribution in [0.1, 0.15) is 39.0 Å². The molecule has 1 saturated carbocycles. The number of fused-ring (bicyclic) bond motifs is 1. The van der Waals surface area contributed by atoms with Crippen molar-refractivity contribution in [3.63, 3.8) is 0 Å². The van der Waals surface area contributed by atoms with Crippen LogP contribution in [0.25, 0.3) is 0 Å². The molecule has 112 valence electrons. The van der Waals surface area contributed by atoms with E-state index in [0.29, 0.717) is 25.0 Å². The minimum Gasteiger partial charge on any atom is -0.481 e. The van der Waals surface area contributed by atoms with E-state index in [4.69, 9.17) is 0 Å². The molecular formula is C15H24N2O3. The standard InChI is InChI=1S/C15H24N2O3/c1-10-8-16(9-12(10)14(18)19)15(20)17-7-6-11-4-2-3-5-13(11)17/h10-13H,2-9H2,1H3,(H,18,19). The summed E-state index contributed by atoms with van der Waals surface area (Å²) < 4.78 is 0. The van der Waals surface area contributed by atoms with Crippen LogP contribution in [-0.4, -0.2) is 52.6 Å². The smallest absolute Gasteiger partial charge is 0.320 e. The van der Waals surface area contributed by atoms with Crippen molar-refractivity contribution in [1.29, 1.82) is 0 Å². The fourth-order valence-electron chi connectivity index (χ4n) is 4.27. The third-order valence-electron chi connectivity index (χ3n) is 5.46. The quantitative estimate of drug-likeness (QED) is 0.799. The number of aliphatic carboxylic acids is 1. The molecule has 2 aliphatic heterocycles. The second kappa shape index (κ2) is 5.26. The molecule has 0 spiro atoms. The molecule has 0 aromatic rings. The fraction of sp³-hybridized carbons (Fsp3) is 0.867. The van der Waals surface area contributed by atoms with Gasteiger partial charge in [-0.3, -0.25) is 4.79 Å². The van der Waals surface area contributed by atoms with Crippen molar-refractivity contribution < 1.29 is 14.7 Å². The third kappa shape index (κ3) is 2.27. The summed E-state index contributed by atoms with van der Waals surface area (Å²) in [5.74, 6) is -0.433. The number of carbonyl (C=O) groups excluding carboxylic acids is 1. The van der Waals surface area contributed by atoms with E-state index in [1.807, 2.05) is 11.8 Å². The van der Waals surface area contributed by atoms with Crippen molar-refractivity contribution >= 4 is 12.0 Å². The Morgan fingerprint density at radius 1 is 1.10 bits per heavy atom. The molecule has 0 aromatic carbocycles. The van der Waals surface area contributed by atoms with E-state index in [1.54, 1.807) is 4.90 Å². The largest absolute Gasteiger partial charge is 0.481 e. The number of hydrogen-bond donors (Lipinski definition) is 1. The Balaban J connectivity index is 1.66. The highest BCUT2D eigenvalue weighted by Gasteiger charge is 2.43. The molecule has 1 aliphatic carbocycles. The molecule has 2 heterocycles. The first kappa shape index (κ1) is 13.7. The van der Waals surface area contributed by atoms with E-state index < -0.39 is 11.9 Å². The first-order chi connectivity index (χ1) is 9.58. The number of carbonyl (C=O) groups is 2. The van der Waals surface area contributed by atoms with Gasteiger partial charge >= 0.3 is 12.0 Å². The maximum absolute atomic E-state index is 12.7. The third-order valence-corrected chi connectivity index (χ3v) is 5.46. The summed E-state index contributed by atoms with van der Waals surface area (Å²) in [5.41, 5.74) is 0. The number of rotatable bonds is 1. The van der Waals surface area contributed by atoms with Gasteiger partial charge in [0.2, 0.25) is 0 Å². The lowest BCUT2D eigenvalue weighted by atomic mass is 9.85. The molecule has 5 heteroatoms.